The minimum atomic E-state index is -0.291. The number of nitrogens with one attached hydrogen (secondary N) is 2. The summed E-state index contributed by atoms with van der Waals surface area (Å²) in [7, 11) is 3.07. The summed E-state index contributed by atoms with van der Waals surface area (Å²) in [5.74, 6) is 0.551. The number of anilines is 1. The summed E-state index contributed by atoms with van der Waals surface area (Å²) in [6.07, 6.45) is 0.0476. The van der Waals surface area contributed by atoms with Crippen LogP contribution < -0.4 is 25.8 Å². The summed E-state index contributed by atoms with van der Waals surface area (Å²) in [6.45, 7) is 0.702. The predicted molar refractivity (Wildman–Crippen MR) is 99.7 cm³/mol. The third-order valence-electron chi connectivity index (χ3n) is 3.74. The molecule has 0 bridgehead atoms. The van der Waals surface area contributed by atoms with Gasteiger partial charge in [0, 0.05) is 18.7 Å². The van der Waals surface area contributed by atoms with Gasteiger partial charge in [0.1, 0.15) is 11.5 Å². The summed E-state index contributed by atoms with van der Waals surface area (Å²) in [5.41, 5.74) is 6.85. The molecule has 7 nitrogen and oxygen atoms in total. The van der Waals surface area contributed by atoms with Gasteiger partial charge in [-0.2, -0.15) is 0 Å². The first-order valence-electron chi connectivity index (χ1n) is 8.17. The van der Waals surface area contributed by atoms with E-state index in [-0.39, 0.29) is 18.2 Å². The lowest BCUT2D eigenvalue weighted by Crippen LogP contribution is -2.30. The SMILES string of the molecule is COc1cccc(OC)c1CC(=O)Nc1ccccc1C(=O)NCCN. The minimum Gasteiger partial charge on any atom is -0.496 e. The number of amides is 2. The topological polar surface area (TPSA) is 103 Å². The fraction of sp³-hybridized carbons (Fsp3) is 0.263. The number of para-hydroxylation sites is 1. The van der Waals surface area contributed by atoms with E-state index in [9.17, 15) is 9.59 Å². The normalized spacial score (nSPS) is 10.1. The van der Waals surface area contributed by atoms with E-state index in [1.807, 2.05) is 0 Å². The van der Waals surface area contributed by atoms with E-state index in [0.717, 1.165) is 0 Å². The number of benzene rings is 2. The Morgan fingerprint density at radius 3 is 2.27 bits per heavy atom. The zero-order chi connectivity index (χ0) is 18.9. The molecule has 0 atom stereocenters. The van der Waals surface area contributed by atoms with Gasteiger partial charge in [-0.25, -0.2) is 0 Å². The third-order valence-corrected chi connectivity index (χ3v) is 3.74. The molecule has 0 aliphatic rings. The molecule has 0 radical (unpaired) electrons. The van der Waals surface area contributed by atoms with Gasteiger partial charge in [0.05, 0.1) is 31.9 Å². The van der Waals surface area contributed by atoms with E-state index < -0.39 is 0 Å². The van der Waals surface area contributed by atoms with Gasteiger partial charge in [0.25, 0.3) is 5.91 Å². The van der Waals surface area contributed by atoms with E-state index in [4.69, 9.17) is 15.2 Å². The highest BCUT2D eigenvalue weighted by molar-refractivity contribution is 6.04. The average Bonchev–Trinajstić information content (AvgIpc) is 2.66. The molecule has 138 valence electrons. The van der Waals surface area contributed by atoms with Crippen molar-refractivity contribution in [1.29, 1.82) is 0 Å². The van der Waals surface area contributed by atoms with Crippen LogP contribution in [0.25, 0.3) is 0 Å². The molecule has 0 aliphatic heterocycles. The largest absolute Gasteiger partial charge is 0.496 e. The Morgan fingerprint density at radius 1 is 1.00 bits per heavy atom. The number of hydrogen-bond donors (Lipinski definition) is 3. The number of nitrogens with two attached hydrogens (primary N) is 1. The quantitative estimate of drug-likeness (QED) is 0.665. The van der Waals surface area contributed by atoms with Crippen LogP contribution in [0.1, 0.15) is 15.9 Å². The van der Waals surface area contributed by atoms with E-state index in [1.54, 1.807) is 42.5 Å². The highest BCUT2D eigenvalue weighted by Gasteiger charge is 2.17. The van der Waals surface area contributed by atoms with Gasteiger partial charge >= 0.3 is 0 Å². The fourth-order valence-electron chi connectivity index (χ4n) is 2.53. The Hall–Kier alpha value is -3.06. The molecule has 2 aromatic rings. The van der Waals surface area contributed by atoms with Crippen molar-refractivity contribution in [3.05, 3.63) is 53.6 Å². The van der Waals surface area contributed by atoms with Crippen molar-refractivity contribution >= 4 is 17.5 Å². The molecule has 0 heterocycles. The molecule has 0 aromatic heterocycles. The molecule has 26 heavy (non-hydrogen) atoms. The van der Waals surface area contributed by atoms with Crippen LogP contribution in [0.5, 0.6) is 11.5 Å². The van der Waals surface area contributed by atoms with Crippen molar-refractivity contribution in [2.75, 3.05) is 32.6 Å². The molecule has 7 heteroatoms. The maximum Gasteiger partial charge on any atom is 0.253 e. The van der Waals surface area contributed by atoms with Crippen LogP contribution >= 0.6 is 0 Å². The lowest BCUT2D eigenvalue weighted by atomic mass is 10.1. The molecule has 0 saturated carbocycles. The Balaban J connectivity index is 2.18. The van der Waals surface area contributed by atoms with Gasteiger partial charge in [0.15, 0.2) is 0 Å². The van der Waals surface area contributed by atoms with Crippen molar-refractivity contribution in [3.8, 4) is 11.5 Å². The Kier molecular flexibility index (Phi) is 6.99. The van der Waals surface area contributed by atoms with Crippen LogP contribution in [0.4, 0.5) is 5.69 Å². The number of hydrogen-bond acceptors (Lipinski definition) is 5. The maximum absolute atomic E-state index is 12.5. The van der Waals surface area contributed by atoms with E-state index in [1.165, 1.54) is 14.2 Å². The molecule has 2 amide bonds. The van der Waals surface area contributed by atoms with Crippen LogP contribution in [0.15, 0.2) is 42.5 Å². The summed E-state index contributed by atoms with van der Waals surface area (Å²) >= 11 is 0. The van der Waals surface area contributed by atoms with Crippen LogP contribution in [-0.2, 0) is 11.2 Å². The lowest BCUT2D eigenvalue weighted by molar-refractivity contribution is -0.115. The van der Waals surface area contributed by atoms with Crippen LogP contribution in [-0.4, -0.2) is 39.1 Å². The summed E-state index contributed by atoms with van der Waals surface area (Å²) in [4.78, 5) is 24.7. The number of carbonyl (C=O) groups is 2. The maximum atomic E-state index is 12.5. The number of rotatable bonds is 8. The highest BCUT2D eigenvalue weighted by Crippen LogP contribution is 2.29. The second-order valence-electron chi connectivity index (χ2n) is 5.46. The molecule has 0 spiro atoms. The van der Waals surface area contributed by atoms with Crippen molar-refractivity contribution < 1.29 is 19.1 Å². The molecule has 2 aromatic carbocycles. The van der Waals surface area contributed by atoms with E-state index in [2.05, 4.69) is 10.6 Å². The number of ether oxygens (including phenoxy) is 2. The standard InChI is InChI=1S/C19H23N3O4/c1-25-16-8-5-9-17(26-2)14(16)12-18(23)22-15-7-4-3-6-13(15)19(24)21-11-10-20/h3-9H,10-12,20H2,1-2H3,(H,21,24)(H,22,23). The Bertz CT molecular complexity index is 755. The Labute approximate surface area is 152 Å². The van der Waals surface area contributed by atoms with Crippen LogP contribution in [0, 0.1) is 0 Å². The molecule has 2 rings (SSSR count). The Morgan fingerprint density at radius 2 is 1.65 bits per heavy atom. The molecular weight excluding hydrogens is 334 g/mol. The molecule has 0 fully saturated rings. The van der Waals surface area contributed by atoms with Crippen LogP contribution in [0.2, 0.25) is 0 Å². The van der Waals surface area contributed by atoms with E-state index in [0.29, 0.717) is 41.4 Å². The summed E-state index contributed by atoms with van der Waals surface area (Å²) in [6, 6.07) is 12.1. The number of carbonyl (C=O) groups excluding carboxylic acids is 2. The first kappa shape index (κ1) is 19.3. The molecule has 0 saturated heterocycles. The average molecular weight is 357 g/mol. The summed E-state index contributed by atoms with van der Waals surface area (Å²) in [5, 5.41) is 5.47. The van der Waals surface area contributed by atoms with Gasteiger partial charge in [0.2, 0.25) is 5.91 Å². The molecular formula is C19H23N3O4. The lowest BCUT2D eigenvalue weighted by Gasteiger charge is -2.14. The highest BCUT2D eigenvalue weighted by atomic mass is 16.5. The second kappa shape index (κ2) is 9.43. The van der Waals surface area contributed by atoms with Crippen molar-refractivity contribution in [3.63, 3.8) is 0 Å². The van der Waals surface area contributed by atoms with Crippen LogP contribution in [0.3, 0.4) is 0 Å². The van der Waals surface area contributed by atoms with E-state index >= 15 is 0 Å². The van der Waals surface area contributed by atoms with Gasteiger partial charge < -0.3 is 25.8 Å². The van der Waals surface area contributed by atoms with Crippen molar-refractivity contribution in [1.82, 2.24) is 5.32 Å². The second-order valence-corrected chi connectivity index (χ2v) is 5.46. The monoisotopic (exact) mass is 357 g/mol. The van der Waals surface area contributed by atoms with Gasteiger partial charge in [-0.05, 0) is 24.3 Å². The fourth-order valence-corrected chi connectivity index (χ4v) is 2.53. The van der Waals surface area contributed by atoms with Gasteiger partial charge in [-0.3, -0.25) is 9.59 Å². The first-order valence-corrected chi connectivity index (χ1v) is 8.17. The van der Waals surface area contributed by atoms with Gasteiger partial charge in [-0.15, -0.1) is 0 Å². The predicted octanol–water partition coefficient (Wildman–Crippen LogP) is 1.57. The first-order chi connectivity index (χ1) is 12.6. The van der Waals surface area contributed by atoms with Crippen molar-refractivity contribution in [2.24, 2.45) is 5.73 Å². The smallest absolute Gasteiger partial charge is 0.253 e. The van der Waals surface area contributed by atoms with Gasteiger partial charge in [-0.1, -0.05) is 18.2 Å². The molecule has 0 unspecified atom stereocenters. The van der Waals surface area contributed by atoms with Crippen molar-refractivity contribution in [2.45, 2.75) is 6.42 Å². The third kappa shape index (κ3) is 4.73. The summed E-state index contributed by atoms with van der Waals surface area (Å²) < 4.78 is 10.6. The zero-order valence-corrected chi connectivity index (χ0v) is 14.9. The zero-order valence-electron chi connectivity index (χ0n) is 14.9. The molecule has 4 N–H and O–H groups in total. The molecule has 0 aliphatic carbocycles. The number of methoxy groups -OCH3 is 2. The minimum absolute atomic E-state index is 0.0476.